The number of nitrogens with one attached hydrogen (secondary N) is 1. The van der Waals surface area contributed by atoms with Crippen LogP contribution in [-0.2, 0) is 0 Å². The minimum atomic E-state index is 0.319. The van der Waals surface area contributed by atoms with Gasteiger partial charge >= 0.3 is 0 Å². The average molecular weight is 142 g/mol. The number of aliphatic imine (C=N–C) groups is 1. The standard InChI is InChI=1S/C5H4ClN3/c6-4-2-8-5(1-7)9-3-4/h2H,3H2,(H,8,9). The van der Waals surface area contributed by atoms with E-state index < -0.39 is 0 Å². The van der Waals surface area contributed by atoms with Crippen molar-refractivity contribution in [3.63, 3.8) is 0 Å². The molecule has 0 atom stereocenters. The molecule has 1 heterocycles. The van der Waals surface area contributed by atoms with Gasteiger partial charge in [0, 0.05) is 6.20 Å². The van der Waals surface area contributed by atoms with Crippen LogP contribution in [-0.4, -0.2) is 12.4 Å². The zero-order chi connectivity index (χ0) is 6.69. The van der Waals surface area contributed by atoms with Gasteiger partial charge in [0.2, 0.25) is 5.84 Å². The van der Waals surface area contributed by atoms with Crippen LogP contribution in [0.5, 0.6) is 0 Å². The van der Waals surface area contributed by atoms with Crippen molar-refractivity contribution in [2.24, 2.45) is 4.99 Å². The summed E-state index contributed by atoms with van der Waals surface area (Å²) in [5.74, 6) is 0.319. The minimum Gasteiger partial charge on any atom is -0.356 e. The normalized spacial score (nSPS) is 16.9. The monoisotopic (exact) mass is 141 g/mol. The Morgan fingerprint density at radius 1 is 1.89 bits per heavy atom. The molecule has 1 aliphatic rings. The molecule has 9 heavy (non-hydrogen) atoms. The molecule has 46 valence electrons. The van der Waals surface area contributed by atoms with E-state index in [2.05, 4.69) is 10.3 Å². The van der Waals surface area contributed by atoms with E-state index in [1.165, 1.54) is 6.20 Å². The van der Waals surface area contributed by atoms with Gasteiger partial charge in [-0.25, -0.2) is 4.99 Å². The minimum absolute atomic E-state index is 0.319. The fraction of sp³-hybridized carbons (Fsp3) is 0.200. The van der Waals surface area contributed by atoms with Crippen LogP contribution in [0.4, 0.5) is 0 Å². The molecule has 0 aromatic carbocycles. The predicted molar refractivity (Wildman–Crippen MR) is 35.0 cm³/mol. The molecule has 0 amide bonds. The van der Waals surface area contributed by atoms with E-state index in [-0.39, 0.29) is 0 Å². The van der Waals surface area contributed by atoms with Crippen LogP contribution in [0.1, 0.15) is 0 Å². The van der Waals surface area contributed by atoms with Gasteiger partial charge in [0.15, 0.2) is 0 Å². The number of nitriles is 1. The molecule has 4 heteroatoms. The number of amidine groups is 1. The van der Waals surface area contributed by atoms with Gasteiger partial charge < -0.3 is 5.32 Å². The third-order valence-electron chi connectivity index (χ3n) is 0.864. The summed E-state index contributed by atoms with van der Waals surface area (Å²) >= 11 is 5.52. The fourth-order valence-electron chi connectivity index (χ4n) is 0.462. The summed E-state index contributed by atoms with van der Waals surface area (Å²) < 4.78 is 0. The van der Waals surface area contributed by atoms with Gasteiger partial charge in [-0.05, 0) is 0 Å². The molecule has 1 rings (SSSR count). The van der Waals surface area contributed by atoms with Crippen LogP contribution in [0.3, 0.4) is 0 Å². The molecule has 1 aliphatic heterocycles. The molecular formula is C5H4ClN3. The summed E-state index contributed by atoms with van der Waals surface area (Å²) in [5.41, 5.74) is 0. The largest absolute Gasteiger partial charge is 0.356 e. The molecule has 1 N–H and O–H groups in total. The van der Waals surface area contributed by atoms with Gasteiger partial charge in [-0.3, -0.25) is 0 Å². The first kappa shape index (κ1) is 6.12. The number of nitrogens with zero attached hydrogens (tertiary/aromatic N) is 2. The Labute approximate surface area is 57.6 Å². The van der Waals surface area contributed by atoms with E-state index in [1.54, 1.807) is 0 Å². The van der Waals surface area contributed by atoms with Crippen LogP contribution in [0, 0.1) is 11.3 Å². The maximum absolute atomic E-state index is 8.26. The third-order valence-corrected chi connectivity index (χ3v) is 1.10. The van der Waals surface area contributed by atoms with Crippen molar-refractivity contribution >= 4 is 17.4 Å². The maximum atomic E-state index is 8.26. The highest BCUT2D eigenvalue weighted by molar-refractivity contribution is 6.30. The highest BCUT2D eigenvalue weighted by Gasteiger charge is 2.01. The summed E-state index contributed by atoms with van der Waals surface area (Å²) in [7, 11) is 0. The molecule has 0 radical (unpaired) electrons. The van der Waals surface area contributed by atoms with Crippen molar-refractivity contribution < 1.29 is 0 Å². The van der Waals surface area contributed by atoms with Crippen LogP contribution in [0.2, 0.25) is 0 Å². The highest BCUT2D eigenvalue weighted by atomic mass is 35.5. The van der Waals surface area contributed by atoms with Gasteiger partial charge in [0.1, 0.15) is 6.07 Å². The van der Waals surface area contributed by atoms with Gasteiger partial charge in [-0.15, -0.1) is 0 Å². The molecule has 0 unspecified atom stereocenters. The lowest BCUT2D eigenvalue weighted by Crippen LogP contribution is -2.25. The Balaban J connectivity index is 2.73. The zero-order valence-electron chi connectivity index (χ0n) is 4.56. The van der Waals surface area contributed by atoms with Crippen molar-refractivity contribution in [1.29, 1.82) is 5.26 Å². The highest BCUT2D eigenvalue weighted by Crippen LogP contribution is 2.02. The topological polar surface area (TPSA) is 48.2 Å². The van der Waals surface area contributed by atoms with Crippen LogP contribution < -0.4 is 5.32 Å². The van der Waals surface area contributed by atoms with Crippen molar-refractivity contribution in [1.82, 2.24) is 5.32 Å². The Morgan fingerprint density at radius 3 is 3.11 bits per heavy atom. The van der Waals surface area contributed by atoms with Gasteiger partial charge in [-0.1, -0.05) is 11.6 Å². The van der Waals surface area contributed by atoms with E-state index in [9.17, 15) is 0 Å². The first-order valence-corrected chi connectivity index (χ1v) is 2.77. The predicted octanol–water partition coefficient (Wildman–Crippen LogP) is 0.592. The van der Waals surface area contributed by atoms with Crippen LogP contribution >= 0.6 is 11.6 Å². The van der Waals surface area contributed by atoms with E-state index in [4.69, 9.17) is 16.9 Å². The summed E-state index contributed by atoms with van der Waals surface area (Å²) in [6.07, 6.45) is 1.47. The quantitative estimate of drug-likeness (QED) is 0.537. The molecule has 0 aromatic heterocycles. The number of halogens is 1. The molecule has 0 bridgehead atoms. The van der Waals surface area contributed by atoms with Crippen LogP contribution in [0.15, 0.2) is 16.2 Å². The summed E-state index contributed by atoms with van der Waals surface area (Å²) in [6.45, 7) is 0.508. The Kier molecular flexibility index (Phi) is 1.71. The first-order chi connectivity index (χ1) is 4.33. The van der Waals surface area contributed by atoms with E-state index in [0.29, 0.717) is 17.4 Å². The van der Waals surface area contributed by atoms with E-state index in [1.807, 2.05) is 6.07 Å². The average Bonchev–Trinajstić information content (AvgIpc) is 1.90. The second-order valence-electron chi connectivity index (χ2n) is 1.52. The van der Waals surface area contributed by atoms with Crippen molar-refractivity contribution in [2.75, 3.05) is 6.54 Å². The molecule has 0 saturated heterocycles. The first-order valence-electron chi connectivity index (χ1n) is 2.39. The van der Waals surface area contributed by atoms with Crippen molar-refractivity contribution in [2.45, 2.75) is 0 Å². The zero-order valence-corrected chi connectivity index (χ0v) is 5.31. The third kappa shape index (κ3) is 1.44. The molecular weight excluding hydrogens is 138 g/mol. The molecule has 0 fully saturated rings. The van der Waals surface area contributed by atoms with Gasteiger partial charge in [-0.2, -0.15) is 5.26 Å². The second-order valence-corrected chi connectivity index (χ2v) is 2.00. The van der Waals surface area contributed by atoms with Gasteiger partial charge in [0.25, 0.3) is 0 Å². The van der Waals surface area contributed by atoms with Crippen molar-refractivity contribution in [3.05, 3.63) is 11.2 Å². The molecule has 0 aromatic rings. The maximum Gasteiger partial charge on any atom is 0.206 e. The SMILES string of the molecule is N#CC1=NC=C(Cl)CN1. The number of hydrogen-bond acceptors (Lipinski definition) is 3. The summed E-state index contributed by atoms with van der Waals surface area (Å²) in [4.78, 5) is 3.68. The molecule has 0 spiro atoms. The smallest absolute Gasteiger partial charge is 0.206 e. The molecule has 3 nitrogen and oxygen atoms in total. The fourth-order valence-corrected chi connectivity index (χ4v) is 0.578. The van der Waals surface area contributed by atoms with Crippen LogP contribution in [0.25, 0.3) is 0 Å². The number of hydrogen-bond donors (Lipinski definition) is 1. The molecule has 0 aliphatic carbocycles. The Hall–Kier alpha value is -1.01. The van der Waals surface area contributed by atoms with E-state index >= 15 is 0 Å². The second kappa shape index (κ2) is 2.51. The summed E-state index contributed by atoms with van der Waals surface area (Å²) in [6, 6.07) is 1.86. The van der Waals surface area contributed by atoms with Crippen molar-refractivity contribution in [3.8, 4) is 6.07 Å². The number of rotatable bonds is 0. The lowest BCUT2D eigenvalue weighted by Gasteiger charge is -2.04. The Morgan fingerprint density at radius 2 is 2.67 bits per heavy atom. The summed E-state index contributed by atoms with van der Waals surface area (Å²) in [5, 5.41) is 11.6. The molecule has 0 saturated carbocycles. The Bertz CT molecular complexity index is 211. The lowest BCUT2D eigenvalue weighted by molar-refractivity contribution is 1.00. The van der Waals surface area contributed by atoms with Gasteiger partial charge in [0.05, 0.1) is 11.6 Å². The van der Waals surface area contributed by atoms with E-state index in [0.717, 1.165) is 0 Å². The lowest BCUT2D eigenvalue weighted by atomic mass is 10.5.